The first kappa shape index (κ1) is 19.5. The van der Waals surface area contributed by atoms with Gasteiger partial charge in [0.2, 0.25) is 5.78 Å². The lowest BCUT2D eigenvalue weighted by atomic mass is 9.95. The van der Waals surface area contributed by atoms with Crippen LogP contribution in [0.3, 0.4) is 0 Å². The molecule has 5 rings (SSSR count). The third-order valence-electron chi connectivity index (χ3n) is 5.87. The molecular formula is C29H20N2O. The van der Waals surface area contributed by atoms with Crippen LogP contribution in [-0.4, -0.2) is 10.4 Å². The Morgan fingerprint density at radius 2 is 1.47 bits per heavy atom. The van der Waals surface area contributed by atoms with E-state index in [-0.39, 0.29) is 11.4 Å². The van der Waals surface area contributed by atoms with Crippen LogP contribution in [0.1, 0.15) is 15.9 Å². The van der Waals surface area contributed by atoms with Crippen molar-refractivity contribution < 1.29 is 4.79 Å². The summed E-state index contributed by atoms with van der Waals surface area (Å²) in [6.45, 7) is 0. The molecule has 0 saturated carbocycles. The van der Waals surface area contributed by atoms with E-state index in [4.69, 9.17) is 0 Å². The Morgan fingerprint density at radius 1 is 0.812 bits per heavy atom. The minimum atomic E-state index is -0.268. The lowest BCUT2D eigenvalue weighted by molar-refractivity contribution is 0.104. The molecule has 0 atom stereocenters. The number of benzene rings is 4. The Bertz CT molecular complexity index is 1540. The van der Waals surface area contributed by atoms with Crippen molar-refractivity contribution in [2.75, 3.05) is 0 Å². The molecule has 1 aromatic heterocycles. The highest BCUT2D eigenvalue weighted by molar-refractivity contribution is 6.23. The van der Waals surface area contributed by atoms with E-state index in [1.54, 1.807) is 6.08 Å². The van der Waals surface area contributed by atoms with Gasteiger partial charge in [0.25, 0.3) is 0 Å². The number of nitriles is 1. The van der Waals surface area contributed by atoms with E-state index in [1.165, 1.54) is 0 Å². The van der Waals surface area contributed by atoms with Crippen LogP contribution in [0.15, 0.2) is 103 Å². The largest absolute Gasteiger partial charge is 0.343 e. The highest BCUT2D eigenvalue weighted by atomic mass is 16.1. The van der Waals surface area contributed by atoms with E-state index in [9.17, 15) is 10.1 Å². The van der Waals surface area contributed by atoms with Gasteiger partial charge in [0, 0.05) is 18.0 Å². The van der Waals surface area contributed by atoms with Crippen molar-refractivity contribution in [3.8, 4) is 17.3 Å². The third-order valence-corrected chi connectivity index (χ3v) is 5.87. The van der Waals surface area contributed by atoms with Crippen molar-refractivity contribution in [1.82, 2.24) is 4.57 Å². The average molecular weight is 412 g/mol. The Morgan fingerprint density at radius 3 is 2.25 bits per heavy atom. The number of para-hydroxylation sites is 1. The van der Waals surface area contributed by atoms with Crippen LogP contribution in [0.2, 0.25) is 0 Å². The van der Waals surface area contributed by atoms with Gasteiger partial charge in [-0.05, 0) is 34.0 Å². The summed E-state index contributed by atoms with van der Waals surface area (Å²) >= 11 is 0. The van der Waals surface area contributed by atoms with Gasteiger partial charge in [0.05, 0.1) is 11.3 Å². The van der Waals surface area contributed by atoms with E-state index in [2.05, 4.69) is 6.07 Å². The Labute approximate surface area is 186 Å². The Hall–Kier alpha value is -4.42. The van der Waals surface area contributed by atoms with Gasteiger partial charge in [-0.15, -0.1) is 0 Å². The number of Topliss-reactive ketones (excluding diaryl/α,β-unsaturated/α-hetero) is 1. The number of carbonyl (C=O) groups is 1. The van der Waals surface area contributed by atoms with Crippen LogP contribution in [0.25, 0.3) is 39.0 Å². The molecule has 32 heavy (non-hydrogen) atoms. The predicted molar refractivity (Wildman–Crippen MR) is 130 cm³/mol. The fraction of sp³-hybridized carbons (Fsp3) is 0.0345. The minimum Gasteiger partial charge on any atom is -0.343 e. The predicted octanol–water partition coefficient (Wildman–Crippen LogP) is 6.79. The molecule has 4 aromatic carbocycles. The van der Waals surface area contributed by atoms with E-state index < -0.39 is 0 Å². The maximum atomic E-state index is 13.8. The fourth-order valence-electron chi connectivity index (χ4n) is 4.37. The third kappa shape index (κ3) is 3.19. The second kappa shape index (κ2) is 8.02. The summed E-state index contributed by atoms with van der Waals surface area (Å²) in [5.74, 6) is -0.268. The molecule has 1 heterocycles. The topological polar surface area (TPSA) is 45.8 Å². The Kier molecular flexibility index (Phi) is 4.89. The molecule has 0 unspecified atom stereocenters. The molecule has 3 heteroatoms. The number of hydrogen-bond acceptors (Lipinski definition) is 2. The lowest BCUT2D eigenvalue weighted by Gasteiger charge is -2.08. The first-order valence-corrected chi connectivity index (χ1v) is 10.5. The van der Waals surface area contributed by atoms with E-state index in [0.717, 1.165) is 38.5 Å². The number of carbonyl (C=O) groups excluding carboxylic acids is 1. The zero-order chi connectivity index (χ0) is 22.1. The molecule has 0 amide bonds. The smallest absolute Gasteiger partial charge is 0.206 e. The van der Waals surface area contributed by atoms with Crippen molar-refractivity contribution in [3.63, 3.8) is 0 Å². The summed E-state index contributed by atoms with van der Waals surface area (Å²) in [6, 6.07) is 33.7. The number of nitrogens with zero attached hydrogens (tertiary/aromatic N) is 2. The first-order chi connectivity index (χ1) is 15.7. The van der Waals surface area contributed by atoms with Gasteiger partial charge in [-0.2, -0.15) is 5.26 Å². The second-order valence-electron chi connectivity index (χ2n) is 7.73. The normalized spacial score (nSPS) is 11.6. The lowest BCUT2D eigenvalue weighted by Crippen LogP contribution is -2.05. The summed E-state index contributed by atoms with van der Waals surface area (Å²) in [6.07, 6.45) is 1.71. The highest BCUT2D eigenvalue weighted by Gasteiger charge is 2.24. The van der Waals surface area contributed by atoms with Gasteiger partial charge in [-0.3, -0.25) is 4.79 Å². The zero-order valence-electron chi connectivity index (χ0n) is 17.6. The minimum absolute atomic E-state index is 0.120. The number of allylic oxidation sites excluding steroid dienone is 1. The van der Waals surface area contributed by atoms with E-state index in [1.807, 2.05) is 109 Å². The molecule has 0 bridgehead atoms. The van der Waals surface area contributed by atoms with Gasteiger partial charge >= 0.3 is 0 Å². The number of aryl methyl sites for hydroxylation is 1. The van der Waals surface area contributed by atoms with Crippen molar-refractivity contribution >= 4 is 33.5 Å². The van der Waals surface area contributed by atoms with Crippen LogP contribution in [-0.2, 0) is 7.05 Å². The highest BCUT2D eigenvalue weighted by Crippen LogP contribution is 2.35. The molecular weight excluding hydrogens is 392 g/mol. The second-order valence-corrected chi connectivity index (χ2v) is 7.73. The number of fused-ring (bicyclic) bond motifs is 2. The van der Waals surface area contributed by atoms with Crippen LogP contribution in [0.5, 0.6) is 0 Å². The van der Waals surface area contributed by atoms with Crippen LogP contribution < -0.4 is 0 Å². The molecule has 0 aliphatic carbocycles. The molecule has 0 radical (unpaired) electrons. The molecule has 0 aliphatic heterocycles. The van der Waals surface area contributed by atoms with Crippen molar-refractivity contribution in [1.29, 1.82) is 5.26 Å². The number of ketones is 1. The van der Waals surface area contributed by atoms with Gasteiger partial charge in [0.1, 0.15) is 11.6 Å². The van der Waals surface area contributed by atoms with Crippen molar-refractivity contribution in [3.05, 3.63) is 114 Å². The molecule has 0 aliphatic rings. The molecule has 0 saturated heterocycles. The van der Waals surface area contributed by atoms with Crippen LogP contribution in [0.4, 0.5) is 0 Å². The number of hydrogen-bond donors (Lipinski definition) is 0. The average Bonchev–Trinajstić information content (AvgIpc) is 3.15. The summed E-state index contributed by atoms with van der Waals surface area (Å²) in [5, 5.41) is 12.9. The maximum absolute atomic E-state index is 13.8. The van der Waals surface area contributed by atoms with Gasteiger partial charge in [0.15, 0.2) is 0 Å². The number of aromatic nitrogens is 1. The van der Waals surface area contributed by atoms with Gasteiger partial charge in [-0.25, -0.2) is 0 Å². The van der Waals surface area contributed by atoms with Crippen molar-refractivity contribution in [2.45, 2.75) is 0 Å². The molecule has 0 fully saturated rings. The first-order valence-electron chi connectivity index (χ1n) is 10.5. The SMILES string of the molecule is Cn1c(-c2ccccc2)c(C(=O)C(C#N)=Cc2cccc3ccccc23)c2ccccc21. The van der Waals surface area contributed by atoms with Gasteiger partial charge in [-0.1, -0.05) is 91.0 Å². The number of rotatable bonds is 4. The summed E-state index contributed by atoms with van der Waals surface area (Å²) < 4.78 is 2.03. The molecule has 152 valence electrons. The molecule has 3 nitrogen and oxygen atoms in total. The molecule has 0 spiro atoms. The summed E-state index contributed by atoms with van der Waals surface area (Å²) in [7, 11) is 1.96. The summed E-state index contributed by atoms with van der Waals surface area (Å²) in [5.41, 5.74) is 4.25. The Balaban J connectivity index is 1.74. The van der Waals surface area contributed by atoms with Crippen LogP contribution >= 0.6 is 0 Å². The maximum Gasteiger partial charge on any atom is 0.206 e. The van der Waals surface area contributed by atoms with Crippen LogP contribution in [0, 0.1) is 11.3 Å². The fourth-order valence-corrected chi connectivity index (χ4v) is 4.37. The monoisotopic (exact) mass is 412 g/mol. The van der Waals surface area contributed by atoms with Gasteiger partial charge < -0.3 is 4.57 Å². The zero-order valence-corrected chi connectivity index (χ0v) is 17.6. The van der Waals surface area contributed by atoms with Crippen molar-refractivity contribution in [2.24, 2.45) is 7.05 Å². The summed E-state index contributed by atoms with van der Waals surface area (Å²) in [4.78, 5) is 13.8. The standard InChI is InChI=1S/C29H20N2O/c1-31-26-17-8-7-16-25(26)27(28(31)21-11-3-2-4-12-21)29(32)23(19-30)18-22-14-9-13-20-10-5-6-15-24(20)22/h2-18H,1H3. The molecule has 5 aromatic rings. The molecule has 0 N–H and O–H groups in total. The van der Waals surface area contributed by atoms with E-state index in [0.29, 0.717) is 5.56 Å². The van der Waals surface area contributed by atoms with E-state index >= 15 is 0 Å². The quantitative estimate of drug-likeness (QED) is 0.185.